The molecule has 35 heavy (non-hydrogen) atoms. The Morgan fingerprint density at radius 2 is 1.54 bits per heavy atom. The maximum absolute atomic E-state index is 13.3. The molecular formula is C28H30N2O5. The van der Waals surface area contributed by atoms with Gasteiger partial charge in [-0.15, -0.1) is 0 Å². The zero-order valence-electron chi connectivity index (χ0n) is 19.7. The third kappa shape index (κ3) is 3.43. The van der Waals surface area contributed by atoms with E-state index in [2.05, 4.69) is 29.6 Å². The van der Waals surface area contributed by atoms with E-state index in [1.54, 1.807) is 4.90 Å². The van der Waals surface area contributed by atoms with Crippen LogP contribution >= 0.6 is 0 Å². The van der Waals surface area contributed by atoms with Crippen LogP contribution in [0.4, 0.5) is 4.79 Å². The third-order valence-electron chi connectivity index (χ3n) is 8.79. The van der Waals surface area contributed by atoms with Crippen molar-refractivity contribution in [3.63, 3.8) is 0 Å². The second-order valence-corrected chi connectivity index (χ2v) is 10.6. The molecule has 2 aromatic rings. The van der Waals surface area contributed by atoms with Crippen molar-refractivity contribution in [2.24, 2.45) is 0 Å². The number of amides is 2. The number of carboxylic acid groups (broad SMARTS) is 1. The molecule has 2 N–H and O–H groups in total. The summed E-state index contributed by atoms with van der Waals surface area (Å²) < 4.78 is 5.72. The summed E-state index contributed by atoms with van der Waals surface area (Å²) in [5.74, 6) is -1.09. The van der Waals surface area contributed by atoms with Crippen molar-refractivity contribution in [3.8, 4) is 11.1 Å². The van der Waals surface area contributed by atoms with E-state index >= 15 is 0 Å². The first-order chi connectivity index (χ1) is 16.9. The summed E-state index contributed by atoms with van der Waals surface area (Å²) in [6.07, 6.45) is 4.44. The molecule has 0 unspecified atom stereocenters. The number of carboxylic acids is 1. The van der Waals surface area contributed by atoms with Crippen LogP contribution in [0.25, 0.3) is 11.1 Å². The number of carbonyl (C=O) groups is 3. The average Bonchev–Trinajstić information content (AvgIpc) is 3.50. The van der Waals surface area contributed by atoms with Crippen molar-refractivity contribution >= 4 is 18.0 Å². The van der Waals surface area contributed by atoms with E-state index in [9.17, 15) is 19.5 Å². The second kappa shape index (κ2) is 8.11. The standard InChI is InChI=1S/C28H30N2O5/c31-24(30-18-10-14-28(30,15-11-18)25(32)33)16-27(12-5-13-27)29-26(34)35-17-23-21-8-3-1-6-19(21)20-7-2-4-9-22(20)23/h1-4,6-9,18,23H,5,10-17H2,(H,29,34)(H,32,33). The van der Waals surface area contributed by atoms with Crippen LogP contribution in [0.15, 0.2) is 48.5 Å². The lowest BCUT2D eigenvalue weighted by atomic mass is 9.74. The molecule has 2 bridgehead atoms. The summed E-state index contributed by atoms with van der Waals surface area (Å²) in [6, 6.07) is 16.4. The summed E-state index contributed by atoms with van der Waals surface area (Å²) in [4.78, 5) is 39.9. The molecule has 0 spiro atoms. The minimum Gasteiger partial charge on any atom is -0.479 e. The Morgan fingerprint density at radius 3 is 2.09 bits per heavy atom. The van der Waals surface area contributed by atoms with Gasteiger partial charge in [0.05, 0.1) is 12.0 Å². The van der Waals surface area contributed by atoms with E-state index in [1.807, 2.05) is 24.3 Å². The van der Waals surface area contributed by atoms with Gasteiger partial charge in [0.1, 0.15) is 12.1 Å². The van der Waals surface area contributed by atoms with Gasteiger partial charge < -0.3 is 20.1 Å². The summed E-state index contributed by atoms with van der Waals surface area (Å²) >= 11 is 0. The topological polar surface area (TPSA) is 95.9 Å². The number of ether oxygens (including phenoxy) is 1. The lowest BCUT2D eigenvalue weighted by Crippen LogP contribution is -2.58. The van der Waals surface area contributed by atoms with Crippen LogP contribution in [0.3, 0.4) is 0 Å². The number of hydrogen-bond acceptors (Lipinski definition) is 4. The molecule has 2 amide bonds. The van der Waals surface area contributed by atoms with Crippen LogP contribution in [-0.2, 0) is 14.3 Å². The van der Waals surface area contributed by atoms with E-state index in [0.29, 0.717) is 25.7 Å². The molecule has 0 atom stereocenters. The fraction of sp³-hybridized carbons (Fsp3) is 0.464. The predicted molar refractivity (Wildman–Crippen MR) is 129 cm³/mol. The molecular weight excluding hydrogens is 444 g/mol. The minimum atomic E-state index is -1.06. The third-order valence-corrected chi connectivity index (χ3v) is 8.79. The summed E-state index contributed by atoms with van der Waals surface area (Å²) in [7, 11) is 0. The molecule has 1 saturated carbocycles. The Balaban J connectivity index is 1.12. The highest BCUT2D eigenvalue weighted by Gasteiger charge is 2.59. The van der Waals surface area contributed by atoms with Gasteiger partial charge in [0.25, 0.3) is 0 Å². The number of hydrogen-bond donors (Lipinski definition) is 2. The maximum atomic E-state index is 13.3. The van der Waals surface area contributed by atoms with Crippen molar-refractivity contribution < 1.29 is 24.2 Å². The molecule has 2 aromatic carbocycles. The first-order valence-corrected chi connectivity index (χ1v) is 12.6. The van der Waals surface area contributed by atoms with E-state index in [-0.39, 0.29) is 30.9 Å². The molecule has 0 aromatic heterocycles. The van der Waals surface area contributed by atoms with Gasteiger partial charge in [-0.2, -0.15) is 0 Å². The minimum absolute atomic E-state index is 0.00480. The quantitative estimate of drug-likeness (QED) is 0.645. The van der Waals surface area contributed by atoms with Crippen LogP contribution in [0, 0.1) is 0 Å². The van der Waals surface area contributed by atoms with Crippen LogP contribution < -0.4 is 5.32 Å². The molecule has 6 rings (SSSR count). The van der Waals surface area contributed by atoms with Gasteiger partial charge in [-0.25, -0.2) is 9.59 Å². The van der Waals surface area contributed by atoms with E-state index < -0.39 is 23.1 Å². The van der Waals surface area contributed by atoms with Gasteiger partial charge >= 0.3 is 12.1 Å². The molecule has 7 heteroatoms. The normalized spacial score (nSPS) is 25.5. The fourth-order valence-electron chi connectivity index (χ4n) is 6.86. The zero-order chi connectivity index (χ0) is 24.2. The SMILES string of the molecule is O=C(NC1(CC(=O)N2C3CCC2(C(=O)O)CC3)CCC1)OCC1c2ccccc2-c2ccccc21. The molecule has 2 heterocycles. The largest absolute Gasteiger partial charge is 0.479 e. The molecule has 182 valence electrons. The van der Waals surface area contributed by atoms with Crippen molar-refractivity contribution in [2.75, 3.05) is 6.61 Å². The number of nitrogens with zero attached hydrogens (tertiary/aromatic N) is 1. The van der Waals surface area contributed by atoms with Gasteiger partial charge in [-0.3, -0.25) is 4.79 Å². The lowest BCUT2D eigenvalue weighted by molar-refractivity contribution is -0.156. The van der Waals surface area contributed by atoms with E-state index in [4.69, 9.17) is 4.74 Å². The number of nitrogens with one attached hydrogen (secondary N) is 1. The Kier molecular flexibility index (Phi) is 5.13. The van der Waals surface area contributed by atoms with Crippen molar-refractivity contribution in [1.29, 1.82) is 0 Å². The first-order valence-electron chi connectivity index (χ1n) is 12.6. The van der Waals surface area contributed by atoms with Gasteiger partial charge in [-0.1, -0.05) is 48.5 Å². The highest BCUT2D eigenvalue weighted by molar-refractivity contribution is 5.90. The van der Waals surface area contributed by atoms with Crippen LogP contribution in [0.5, 0.6) is 0 Å². The lowest BCUT2D eigenvalue weighted by Gasteiger charge is -2.43. The summed E-state index contributed by atoms with van der Waals surface area (Å²) in [6.45, 7) is 0.222. The number of fused-ring (bicyclic) bond motifs is 5. The molecule has 2 aliphatic carbocycles. The summed E-state index contributed by atoms with van der Waals surface area (Å²) in [5.41, 5.74) is 2.94. The van der Waals surface area contributed by atoms with E-state index in [0.717, 1.165) is 30.4 Å². The molecule has 2 aliphatic heterocycles. The van der Waals surface area contributed by atoms with Crippen LogP contribution in [0.1, 0.15) is 68.4 Å². The Bertz CT molecular complexity index is 1150. The van der Waals surface area contributed by atoms with Crippen LogP contribution in [0.2, 0.25) is 0 Å². The van der Waals surface area contributed by atoms with Crippen molar-refractivity contribution in [2.45, 2.75) is 74.4 Å². The second-order valence-electron chi connectivity index (χ2n) is 10.6. The molecule has 4 aliphatic rings. The Labute approximate surface area is 204 Å². The summed E-state index contributed by atoms with van der Waals surface area (Å²) in [5, 5.41) is 12.8. The number of aliphatic carboxylic acids is 1. The number of alkyl carbamates (subject to hydrolysis) is 1. The Morgan fingerprint density at radius 1 is 0.943 bits per heavy atom. The van der Waals surface area contributed by atoms with Gasteiger partial charge in [-0.05, 0) is 67.2 Å². The molecule has 7 nitrogen and oxygen atoms in total. The molecule has 0 radical (unpaired) electrons. The zero-order valence-corrected chi connectivity index (χ0v) is 19.7. The highest BCUT2D eigenvalue weighted by atomic mass is 16.5. The Hall–Kier alpha value is -3.35. The number of carbonyl (C=O) groups excluding carboxylic acids is 2. The monoisotopic (exact) mass is 474 g/mol. The van der Waals surface area contributed by atoms with Gasteiger partial charge in [0, 0.05) is 12.0 Å². The average molecular weight is 475 g/mol. The number of benzene rings is 2. The highest BCUT2D eigenvalue weighted by Crippen LogP contribution is 2.48. The fourth-order valence-corrected chi connectivity index (χ4v) is 6.86. The molecule has 2 saturated heterocycles. The van der Waals surface area contributed by atoms with Gasteiger partial charge in [0.15, 0.2) is 0 Å². The maximum Gasteiger partial charge on any atom is 0.407 e. The smallest absolute Gasteiger partial charge is 0.407 e. The first kappa shape index (κ1) is 22.1. The number of rotatable bonds is 6. The predicted octanol–water partition coefficient (Wildman–Crippen LogP) is 4.45. The molecule has 3 fully saturated rings. The van der Waals surface area contributed by atoms with E-state index in [1.165, 1.54) is 11.1 Å². The van der Waals surface area contributed by atoms with Crippen LogP contribution in [-0.4, -0.2) is 51.7 Å². The van der Waals surface area contributed by atoms with Crippen molar-refractivity contribution in [1.82, 2.24) is 10.2 Å². The van der Waals surface area contributed by atoms with Gasteiger partial charge in [0.2, 0.25) is 5.91 Å². The van der Waals surface area contributed by atoms with Crippen molar-refractivity contribution in [3.05, 3.63) is 59.7 Å².